The Hall–Kier alpha value is -2.67. The summed E-state index contributed by atoms with van der Waals surface area (Å²) in [6.07, 6.45) is 3.73. The number of anilines is 1. The summed E-state index contributed by atoms with van der Waals surface area (Å²) < 4.78 is 4.93. The number of hydrogen-bond acceptors (Lipinski definition) is 5. The van der Waals surface area contributed by atoms with Crippen molar-refractivity contribution in [1.82, 2.24) is 19.9 Å². The SMILES string of the molecule is CCc1c(Cl)[nH]c2ncc(-c3ccnc(N4CCOC4=O)n3)cc12. The summed E-state index contributed by atoms with van der Waals surface area (Å²) in [7, 11) is 0. The molecule has 0 unspecified atom stereocenters. The average molecular weight is 344 g/mol. The molecule has 4 rings (SSSR count). The second-order valence-corrected chi connectivity index (χ2v) is 5.78. The molecule has 1 fully saturated rings. The summed E-state index contributed by atoms with van der Waals surface area (Å²) in [6, 6.07) is 3.78. The predicted molar refractivity (Wildman–Crippen MR) is 90.2 cm³/mol. The van der Waals surface area contributed by atoms with Gasteiger partial charge in [-0.2, -0.15) is 0 Å². The first kappa shape index (κ1) is 14.9. The molecule has 1 aliphatic rings. The van der Waals surface area contributed by atoms with Crippen LogP contribution in [0.4, 0.5) is 10.7 Å². The number of cyclic esters (lactones) is 1. The highest BCUT2D eigenvalue weighted by Gasteiger charge is 2.26. The van der Waals surface area contributed by atoms with Crippen LogP contribution in [0, 0.1) is 0 Å². The van der Waals surface area contributed by atoms with Gasteiger partial charge < -0.3 is 9.72 Å². The van der Waals surface area contributed by atoms with Gasteiger partial charge in [0.2, 0.25) is 5.95 Å². The van der Waals surface area contributed by atoms with Crippen molar-refractivity contribution in [3.8, 4) is 11.3 Å². The van der Waals surface area contributed by atoms with Crippen molar-refractivity contribution >= 4 is 34.7 Å². The third-order valence-electron chi connectivity index (χ3n) is 4.00. The molecular formula is C16H14ClN5O2. The Morgan fingerprint density at radius 1 is 1.42 bits per heavy atom. The van der Waals surface area contributed by atoms with E-state index in [1.165, 1.54) is 4.90 Å². The lowest BCUT2D eigenvalue weighted by Crippen LogP contribution is -2.25. The van der Waals surface area contributed by atoms with Crippen LogP contribution in [-0.2, 0) is 11.2 Å². The first-order valence-corrected chi connectivity index (χ1v) is 7.99. The lowest BCUT2D eigenvalue weighted by Gasteiger charge is -2.11. The highest BCUT2D eigenvalue weighted by molar-refractivity contribution is 6.31. The molecular weight excluding hydrogens is 330 g/mol. The average Bonchev–Trinajstić information content (AvgIpc) is 3.16. The number of rotatable bonds is 3. The molecule has 1 N–H and O–H groups in total. The summed E-state index contributed by atoms with van der Waals surface area (Å²) in [5.74, 6) is 0.331. The quantitative estimate of drug-likeness (QED) is 0.789. The molecule has 0 aliphatic carbocycles. The van der Waals surface area contributed by atoms with Crippen molar-refractivity contribution in [2.45, 2.75) is 13.3 Å². The minimum Gasteiger partial charge on any atom is -0.447 e. The first-order valence-electron chi connectivity index (χ1n) is 7.61. The van der Waals surface area contributed by atoms with Crippen LogP contribution < -0.4 is 4.90 Å². The lowest BCUT2D eigenvalue weighted by molar-refractivity contribution is 0.181. The first-order chi connectivity index (χ1) is 11.7. The van der Waals surface area contributed by atoms with E-state index in [1.54, 1.807) is 18.5 Å². The maximum absolute atomic E-state index is 11.7. The van der Waals surface area contributed by atoms with Gasteiger partial charge in [-0.25, -0.2) is 24.6 Å². The highest BCUT2D eigenvalue weighted by atomic mass is 35.5. The Morgan fingerprint density at radius 2 is 2.29 bits per heavy atom. The third-order valence-corrected chi connectivity index (χ3v) is 4.32. The number of hydrogen-bond donors (Lipinski definition) is 1. The Morgan fingerprint density at radius 3 is 3.04 bits per heavy atom. The fourth-order valence-corrected chi connectivity index (χ4v) is 3.12. The van der Waals surface area contributed by atoms with Gasteiger partial charge in [0.1, 0.15) is 17.4 Å². The smallest absolute Gasteiger partial charge is 0.416 e. The summed E-state index contributed by atoms with van der Waals surface area (Å²) in [5, 5.41) is 1.58. The van der Waals surface area contributed by atoms with Crippen LogP contribution in [0.1, 0.15) is 12.5 Å². The van der Waals surface area contributed by atoms with Crippen LogP contribution in [-0.4, -0.2) is 39.2 Å². The standard InChI is InChI=1S/C16H14ClN5O2/c1-2-10-11-7-9(8-19-14(11)21-13(10)17)12-3-4-18-15(20-12)22-5-6-24-16(22)23/h3-4,7-8H,2,5-6H2,1H3,(H,19,21). The van der Waals surface area contributed by atoms with Gasteiger partial charge in [0.25, 0.3) is 0 Å². The molecule has 1 aliphatic heterocycles. The van der Waals surface area contributed by atoms with Gasteiger partial charge in [-0.3, -0.25) is 0 Å². The molecule has 24 heavy (non-hydrogen) atoms. The molecule has 0 spiro atoms. The number of nitrogens with one attached hydrogen (secondary N) is 1. The predicted octanol–water partition coefficient (Wildman–Crippen LogP) is 3.19. The molecule has 1 amide bonds. The Balaban J connectivity index is 1.78. The van der Waals surface area contributed by atoms with Crippen LogP contribution in [0.25, 0.3) is 22.3 Å². The van der Waals surface area contributed by atoms with E-state index in [4.69, 9.17) is 16.3 Å². The molecule has 3 aromatic heterocycles. The van der Waals surface area contributed by atoms with Crippen molar-refractivity contribution < 1.29 is 9.53 Å². The van der Waals surface area contributed by atoms with Crippen molar-refractivity contribution in [2.24, 2.45) is 0 Å². The van der Waals surface area contributed by atoms with E-state index in [2.05, 4.69) is 19.9 Å². The minimum atomic E-state index is -0.425. The van der Waals surface area contributed by atoms with Crippen molar-refractivity contribution in [2.75, 3.05) is 18.1 Å². The van der Waals surface area contributed by atoms with Crippen molar-refractivity contribution in [3.05, 3.63) is 35.2 Å². The number of pyridine rings is 1. The molecule has 4 heterocycles. The van der Waals surface area contributed by atoms with Crippen LogP contribution in [0.2, 0.25) is 5.15 Å². The normalized spacial score (nSPS) is 14.4. The number of halogens is 1. The zero-order chi connectivity index (χ0) is 16.7. The molecule has 0 aromatic carbocycles. The third kappa shape index (κ3) is 2.37. The fraction of sp³-hybridized carbons (Fsp3) is 0.250. The minimum absolute atomic E-state index is 0.331. The number of nitrogens with zero attached hydrogens (tertiary/aromatic N) is 4. The van der Waals surface area contributed by atoms with Gasteiger partial charge in [-0.05, 0) is 24.1 Å². The molecule has 0 saturated carbocycles. The molecule has 7 nitrogen and oxygen atoms in total. The molecule has 3 aromatic rings. The van der Waals surface area contributed by atoms with Crippen LogP contribution in [0.5, 0.6) is 0 Å². The van der Waals surface area contributed by atoms with Crippen molar-refractivity contribution in [1.29, 1.82) is 0 Å². The number of aromatic nitrogens is 4. The van der Waals surface area contributed by atoms with E-state index >= 15 is 0 Å². The van der Waals surface area contributed by atoms with E-state index in [-0.39, 0.29) is 0 Å². The molecule has 1 saturated heterocycles. The maximum atomic E-state index is 11.7. The lowest BCUT2D eigenvalue weighted by atomic mass is 10.1. The van der Waals surface area contributed by atoms with Gasteiger partial charge in [-0.15, -0.1) is 0 Å². The van der Waals surface area contributed by atoms with Gasteiger partial charge in [0.05, 0.1) is 12.2 Å². The highest BCUT2D eigenvalue weighted by Crippen LogP contribution is 2.29. The van der Waals surface area contributed by atoms with E-state index in [9.17, 15) is 4.79 Å². The largest absolute Gasteiger partial charge is 0.447 e. The number of ether oxygens (including phenoxy) is 1. The topological polar surface area (TPSA) is 84.0 Å². The number of fused-ring (bicyclic) bond motifs is 1. The number of amides is 1. The number of carbonyl (C=O) groups is 1. The molecule has 122 valence electrons. The monoisotopic (exact) mass is 343 g/mol. The molecule has 0 radical (unpaired) electrons. The Kier molecular flexibility index (Phi) is 3.57. The summed E-state index contributed by atoms with van der Waals surface area (Å²) in [4.78, 5) is 29.2. The van der Waals surface area contributed by atoms with E-state index in [1.807, 2.05) is 13.0 Å². The van der Waals surface area contributed by atoms with Crippen LogP contribution >= 0.6 is 11.6 Å². The fourth-order valence-electron chi connectivity index (χ4n) is 2.79. The second-order valence-electron chi connectivity index (χ2n) is 5.40. The number of carbonyl (C=O) groups excluding carboxylic acids is 1. The van der Waals surface area contributed by atoms with Gasteiger partial charge in [-0.1, -0.05) is 18.5 Å². The zero-order valence-electron chi connectivity index (χ0n) is 12.9. The van der Waals surface area contributed by atoms with Crippen LogP contribution in [0.3, 0.4) is 0 Å². The number of H-pyrrole nitrogens is 1. The summed E-state index contributed by atoms with van der Waals surface area (Å²) in [5.41, 5.74) is 3.30. The van der Waals surface area contributed by atoms with E-state index < -0.39 is 6.09 Å². The zero-order valence-corrected chi connectivity index (χ0v) is 13.7. The second kappa shape index (κ2) is 5.76. The summed E-state index contributed by atoms with van der Waals surface area (Å²) >= 11 is 6.21. The molecule has 0 atom stereocenters. The van der Waals surface area contributed by atoms with E-state index in [0.29, 0.717) is 29.9 Å². The van der Waals surface area contributed by atoms with Crippen molar-refractivity contribution in [3.63, 3.8) is 0 Å². The number of aryl methyl sites for hydroxylation is 1. The molecule has 8 heteroatoms. The van der Waals surface area contributed by atoms with Gasteiger partial charge in [0.15, 0.2) is 0 Å². The number of aromatic amines is 1. The Labute approximate surface area is 142 Å². The molecule has 0 bridgehead atoms. The van der Waals surface area contributed by atoms with Gasteiger partial charge in [0, 0.05) is 23.3 Å². The van der Waals surface area contributed by atoms with Crippen LogP contribution in [0.15, 0.2) is 24.5 Å². The van der Waals surface area contributed by atoms with E-state index in [0.717, 1.165) is 28.6 Å². The Bertz CT molecular complexity index is 939. The summed E-state index contributed by atoms with van der Waals surface area (Å²) in [6.45, 7) is 2.84. The maximum Gasteiger partial charge on any atom is 0.416 e. The van der Waals surface area contributed by atoms with Gasteiger partial charge >= 0.3 is 6.09 Å².